The number of thioether (sulfide) groups is 1. The minimum Gasteiger partial charge on any atom is -0.444 e. The van der Waals surface area contributed by atoms with E-state index in [9.17, 15) is 4.79 Å². The average molecular weight is 314 g/mol. The Balaban J connectivity index is 2.07. The smallest absolute Gasteiger partial charge is 0.410 e. The fourth-order valence-corrected chi connectivity index (χ4v) is 5.21. The quantitative estimate of drug-likeness (QED) is 0.741. The fourth-order valence-electron chi connectivity index (χ4n) is 3.37. The average Bonchev–Trinajstić information content (AvgIpc) is 2.23. The van der Waals surface area contributed by atoms with Gasteiger partial charge in [-0.2, -0.15) is 0 Å². The molecule has 2 saturated heterocycles. The second kappa shape index (κ2) is 5.65. The molecule has 122 valence electrons. The van der Waals surface area contributed by atoms with E-state index in [1.54, 1.807) is 0 Å². The second-order valence-corrected chi connectivity index (χ2v) is 9.53. The number of ether oxygens (including phenoxy) is 1. The molecule has 1 spiro atoms. The number of hydrogen-bond donors (Lipinski definition) is 1. The Bertz CT molecular complexity index is 406. The van der Waals surface area contributed by atoms with Crippen LogP contribution in [0.2, 0.25) is 0 Å². The van der Waals surface area contributed by atoms with Crippen molar-refractivity contribution in [1.82, 2.24) is 10.2 Å². The van der Waals surface area contributed by atoms with Crippen molar-refractivity contribution in [2.24, 2.45) is 0 Å². The molecule has 2 aliphatic rings. The summed E-state index contributed by atoms with van der Waals surface area (Å²) >= 11 is 2.03. The van der Waals surface area contributed by atoms with Crippen molar-refractivity contribution in [2.45, 2.75) is 82.9 Å². The van der Waals surface area contributed by atoms with Crippen LogP contribution < -0.4 is 5.32 Å². The van der Waals surface area contributed by atoms with E-state index in [4.69, 9.17) is 4.74 Å². The summed E-state index contributed by atoms with van der Waals surface area (Å²) in [5.74, 6) is 1.21. The van der Waals surface area contributed by atoms with Crippen LogP contribution in [0, 0.1) is 0 Å². The molecular weight excluding hydrogens is 284 g/mol. The summed E-state index contributed by atoms with van der Waals surface area (Å²) in [7, 11) is 0. The topological polar surface area (TPSA) is 41.6 Å². The molecule has 2 fully saturated rings. The Morgan fingerprint density at radius 2 is 2.05 bits per heavy atom. The van der Waals surface area contributed by atoms with Crippen LogP contribution in [0.5, 0.6) is 0 Å². The van der Waals surface area contributed by atoms with Gasteiger partial charge in [-0.05, 0) is 66.6 Å². The molecule has 5 heteroatoms. The Morgan fingerprint density at radius 3 is 2.57 bits per heavy atom. The van der Waals surface area contributed by atoms with Crippen molar-refractivity contribution < 1.29 is 9.53 Å². The van der Waals surface area contributed by atoms with E-state index in [1.165, 1.54) is 12.2 Å². The zero-order valence-corrected chi connectivity index (χ0v) is 15.1. The molecule has 0 aromatic carbocycles. The maximum absolute atomic E-state index is 12.4. The van der Waals surface area contributed by atoms with Crippen molar-refractivity contribution >= 4 is 17.9 Å². The molecule has 0 radical (unpaired) electrons. The predicted octanol–water partition coefficient (Wildman–Crippen LogP) is 3.61. The highest BCUT2D eigenvalue weighted by atomic mass is 32.2. The summed E-state index contributed by atoms with van der Waals surface area (Å²) < 4.78 is 5.57. The van der Waals surface area contributed by atoms with E-state index in [2.05, 4.69) is 26.1 Å². The minimum atomic E-state index is -0.436. The van der Waals surface area contributed by atoms with E-state index in [1.807, 2.05) is 37.4 Å². The molecule has 2 aliphatic heterocycles. The van der Waals surface area contributed by atoms with Gasteiger partial charge >= 0.3 is 6.09 Å². The molecule has 0 saturated carbocycles. The van der Waals surface area contributed by atoms with Gasteiger partial charge in [-0.3, -0.25) is 0 Å². The molecule has 0 aromatic heterocycles. The first-order valence-corrected chi connectivity index (χ1v) is 8.94. The summed E-state index contributed by atoms with van der Waals surface area (Å²) in [6.45, 7) is 13.1. The van der Waals surface area contributed by atoms with Gasteiger partial charge in [-0.25, -0.2) is 4.79 Å². The van der Waals surface area contributed by atoms with Crippen LogP contribution in [0.3, 0.4) is 0 Å². The van der Waals surface area contributed by atoms with Gasteiger partial charge in [0.05, 0.1) is 4.87 Å². The SMILES string of the molecule is CC1CCSC2(CCN(C(=O)OC(C)(C)C)C(C)(C)C2)N1. The third kappa shape index (κ3) is 4.07. The zero-order valence-electron chi connectivity index (χ0n) is 14.3. The van der Waals surface area contributed by atoms with Crippen LogP contribution in [0.1, 0.15) is 60.8 Å². The summed E-state index contributed by atoms with van der Waals surface area (Å²) in [6.07, 6.45) is 3.00. The molecule has 2 heterocycles. The first-order valence-electron chi connectivity index (χ1n) is 7.95. The van der Waals surface area contributed by atoms with E-state index < -0.39 is 5.60 Å². The Kier molecular flexibility index (Phi) is 4.56. The monoisotopic (exact) mass is 314 g/mol. The number of hydrogen-bond acceptors (Lipinski definition) is 4. The van der Waals surface area contributed by atoms with Crippen molar-refractivity contribution in [2.75, 3.05) is 12.3 Å². The van der Waals surface area contributed by atoms with Crippen LogP contribution in [-0.4, -0.2) is 45.3 Å². The molecule has 2 rings (SSSR count). The molecule has 0 aliphatic carbocycles. The highest BCUT2D eigenvalue weighted by Gasteiger charge is 2.48. The lowest BCUT2D eigenvalue weighted by Gasteiger charge is -2.53. The van der Waals surface area contributed by atoms with Crippen LogP contribution in [0.15, 0.2) is 0 Å². The first kappa shape index (κ1) is 16.9. The normalized spacial score (nSPS) is 33.0. The number of rotatable bonds is 0. The molecule has 21 heavy (non-hydrogen) atoms. The number of carbonyl (C=O) groups is 1. The Morgan fingerprint density at radius 1 is 1.38 bits per heavy atom. The lowest BCUT2D eigenvalue weighted by atomic mass is 9.86. The standard InChI is InChI=1S/C16H30N2O2S/c1-12-7-10-21-16(17-12)8-9-18(15(5,6)11-16)13(19)20-14(2,3)4/h12,17H,7-11H2,1-6H3. The third-order valence-electron chi connectivity index (χ3n) is 4.24. The third-order valence-corrected chi connectivity index (χ3v) is 5.70. The van der Waals surface area contributed by atoms with Crippen LogP contribution in [-0.2, 0) is 4.74 Å². The molecule has 0 bridgehead atoms. The summed E-state index contributed by atoms with van der Waals surface area (Å²) in [5, 5.41) is 3.78. The van der Waals surface area contributed by atoms with Gasteiger partial charge in [-0.1, -0.05) is 0 Å². The summed E-state index contributed by atoms with van der Waals surface area (Å²) in [4.78, 5) is 14.5. The molecule has 4 nitrogen and oxygen atoms in total. The first-order chi connectivity index (χ1) is 9.53. The molecule has 1 N–H and O–H groups in total. The van der Waals surface area contributed by atoms with Gasteiger partial charge in [0.2, 0.25) is 0 Å². The van der Waals surface area contributed by atoms with Crippen LogP contribution in [0.4, 0.5) is 4.79 Å². The highest BCUT2D eigenvalue weighted by molar-refractivity contribution is 8.00. The molecular formula is C16H30N2O2S. The van der Waals surface area contributed by atoms with E-state index in [0.717, 1.165) is 19.4 Å². The predicted molar refractivity (Wildman–Crippen MR) is 88.7 cm³/mol. The molecule has 2 unspecified atom stereocenters. The maximum atomic E-state index is 12.4. The van der Waals surface area contributed by atoms with E-state index >= 15 is 0 Å². The van der Waals surface area contributed by atoms with Crippen molar-refractivity contribution in [1.29, 1.82) is 0 Å². The minimum absolute atomic E-state index is 0.125. The number of nitrogens with zero attached hydrogens (tertiary/aromatic N) is 1. The highest BCUT2D eigenvalue weighted by Crippen LogP contribution is 2.44. The number of carbonyl (C=O) groups excluding carboxylic acids is 1. The van der Waals surface area contributed by atoms with Crippen molar-refractivity contribution in [3.05, 3.63) is 0 Å². The van der Waals surface area contributed by atoms with Crippen LogP contribution in [0.25, 0.3) is 0 Å². The van der Waals surface area contributed by atoms with Gasteiger partial charge in [0.15, 0.2) is 0 Å². The van der Waals surface area contributed by atoms with Gasteiger partial charge in [0.25, 0.3) is 0 Å². The summed E-state index contributed by atoms with van der Waals surface area (Å²) in [5.41, 5.74) is -0.619. The van der Waals surface area contributed by atoms with Gasteiger partial charge in [0.1, 0.15) is 5.60 Å². The maximum Gasteiger partial charge on any atom is 0.410 e. The molecule has 1 amide bonds. The van der Waals surface area contributed by atoms with Gasteiger partial charge in [0, 0.05) is 18.1 Å². The lowest BCUT2D eigenvalue weighted by Crippen LogP contribution is -2.64. The number of piperidine rings is 1. The largest absolute Gasteiger partial charge is 0.444 e. The Hall–Kier alpha value is -0.420. The summed E-state index contributed by atoms with van der Waals surface area (Å²) in [6, 6.07) is 0.565. The second-order valence-electron chi connectivity index (χ2n) is 8.05. The number of amides is 1. The van der Waals surface area contributed by atoms with E-state index in [0.29, 0.717) is 6.04 Å². The zero-order chi connectivity index (χ0) is 15.9. The lowest BCUT2D eigenvalue weighted by molar-refractivity contribution is -0.0145. The number of nitrogens with one attached hydrogen (secondary N) is 1. The fraction of sp³-hybridized carbons (Fsp3) is 0.938. The van der Waals surface area contributed by atoms with E-state index in [-0.39, 0.29) is 16.5 Å². The van der Waals surface area contributed by atoms with Gasteiger partial charge < -0.3 is 15.0 Å². The van der Waals surface area contributed by atoms with Crippen molar-refractivity contribution in [3.8, 4) is 0 Å². The van der Waals surface area contributed by atoms with Gasteiger partial charge in [-0.15, -0.1) is 11.8 Å². The number of likely N-dealkylation sites (tertiary alicyclic amines) is 1. The molecule has 0 aromatic rings. The Labute approximate surface area is 133 Å². The van der Waals surface area contributed by atoms with Crippen molar-refractivity contribution in [3.63, 3.8) is 0 Å². The molecule has 2 atom stereocenters. The van der Waals surface area contributed by atoms with Crippen LogP contribution >= 0.6 is 11.8 Å².